The second kappa shape index (κ2) is 8.16. The number of nitrogens with zero attached hydrogens (tertiary/aromatic N) is 2. The molecule has 0 bridgehead atoms. The largest absolute Gasteiger partial charge is 0.481 e. The van der Waals surface area contributed by atoms with Gasteiger partial charge < -0.3 is 14.6 Å². The van der Waals surface area contributed by atoms with Crippen molar-refractivity contribution in [3.8, 4) is 11.8 Å². The van der Waals surface area contributed by atoms with Crippen molar-refractivity contribution < 1.29 is 14.6 Å². The number of aromatic nitrogens is 2. The van der Waals surface area contributed by atoms with Crippen molar-refractivity contribution in [1.29, 1.82) is 0 Å². The lowest BCUT2D eigenvalue weighted by atomic mass is 10.2. The van der Waals surface area contributed by atoms with Gasteiger partial charge in [0.15, 0.2) is 5.16 Å². The zero-order valence-corrected chi connectivity index (χ0v) is 11.9. The number of hydrogen-bond donors (Lipinski definition) is 1. The van der Waals surface area contributed by atoms with Crippen molar-refractivity contribution in [2.75, 3.05) is 20.8 Å². The number of unbranched alkanes of at least 4 members (excludes halogenated alkanes) is 1. The minimum absolute atomic E-state index is 0.113. The number of ether oxygens (including phenoxy) is 2. The smallest absolute Gasteiger partial charge is 0.220 e. The van der Waals surface area contributed by atoms with Gasteiger partial charge in [-0.3, -0.25) is 0 Å². The highest BCUT2D eigenvalue weighted by molar-refractivity contribution is 7.99. The van der Waals surface area contributed by atoms with E-state index in [-0.39, 0.29) is 11.9 Å². The summed E-state index contributed by atoms with van der Waals surface area (Å²) in [5.41, 5.74) is 0. The van der Waals surface area contributed by atoms with Gasteiger partial charge in [0.2, 0.25) is 11.8 Å². The highest BCUT2D eigenvalue weighted by Crippen LogP contribution is 2.27. The van der Waals surface area contributed by atoms with Crippen LogP contribution in [0.2, 0.25) is 0 Å². The zero-order chi connectivity index (χ0) is 13.4. The van der Waals surface area contributed by atoms with E-state index in [9.17, 15) is 5.11 Å². The monoisotopic (exact) mass is 272 g/mol. The summed E-state index contributed by atoms with van der Waals surface area (Å²) in [5.74, 6) is 0.938. The average molecular weight is 272 g/mol. The second-order valence-electron chi connectivity index (χ2n) is 3.80. The van der Waals surface area contributed by atoms with Gasteiger partial charge in [-0.25, -0.2) is 0 Å². The molecule has 0 spiro atoms. The van der Waals surface area contributed by atoms with Gasteiger partial charge in [0.1, 0.15) is 0 Å². The average Bonchev–Trinajstić information content (AvgIpc) is 2.42. The lowest BCUT2D eigenvalue weighted by Gasteiger charge is -2.12. The Hall–Kier alpha value is -1.01. The Balaban J connectivity index is 2.74. The molecule has 0 saturated carbocycles. The Kier molecular flexibility index (Phi) is 6.82. The molecular formula is C12H20N2O3S. The van der Waals surface area contributed by atoms with Gasteiger partial charge in [-0.15, -0.1) is 0 Å². The quantitative estimate of drug-likeness (QED) is 0.578. The van der Waals surface area contributed by atoms with Crippen LogP contribution in [0.1, 0.15) is 26.2 Å². The Labute approximate surface area is 112 Å². The van der Waals surface area contributed by atoms with Gasteiger partial charge in [-0.05, 0) is 6.42 Å². The van der Waals surface area contributed by atoms with E-state index in [2.05, 4.69) is 16.9 Å². The minimum Gasteiger partial charge on any atom is -0.481 e. The molecule has 1 unspecified atom stereocenters. The molecule has 1 heterocycles. The first kappa shape index (κ1) is 15.0. The second-order valence-corrected chi connectivity index (χ2v) is 5.07. The first-order valence-electron chi connectivity index (χ1n) is 5.98. The van der Waals surface area contributed by atoms with Crippen LogP contribution in [0.15, 0.2) is 11.2 Å². The van der Waals surface area contributed by atoms with E-state index in [0.29, 0.717) is 16.9 Å². The Morgan fingerprint density at radius 3 is 2.33 bits per heavy atom. The molecule has 102 valence electrons. The SMILES string of the molecule is CCCCC(CO)Sc1nc(OC)cc(OC)n1. The summed E-state index contributed by atoms with van der Waals surface area (Å²) < 4.78 is 10.2. The number of thioether (sulfide) groups is 1. The molecule has 1 N–H and O–H groups in total. The van der Waals surface area contributed by atoms with Crippen molar-refractivity contribution in [1.82, 2.24) is 9.97 Å². The summed E-state index contributed by atoms with van der Waals surface area (Å²) in [6.07, 6.45) is 3.14. The molecule has 0 aromatic carbocycles. The third kappa shape index (κ3) is 4.70. The molecule has 1 rings (SSSR count). The van der Waals surface area contributed by atoms with Crippen molar-refractivity contribution in [3.63, 3.8) is 0 Å². The molecule has 0 aliphatic carbocycles. The number of hydrogen-bond acceptors (Lipinski definition) is 6. The Morgan fingerprint density at radius 1 is 1.28 bits per heavy atom. The van der Waals surface area contributed by atoms with E-state index < -0.39 is 0 Å². The van der Waals surface area contributed by atoms with E-state index in [1.54, 1.807) is 20.3 Å². The van der Waals surface area contributed by atoms with Gasteiger partial charge in [-0.1, -0.05) is 31.5 Å². The summed E-state index contributed by atoms with van der Waals surface area (Å²) in [5, 5.41) is 10.0. The van der Waals surface area contributed by atoms with E-state index in [1.165, 1.54) is 11.8 Å². The van der Waals surface area contributed by atoms with Crippen LogP contribution < -0.4 is 9.47 Å². The topological polar surface area (TPSA) is 64.5 Å². The zero-order valence-electron chi connectivity index (χ0n) is 11.0. The molecular weight excluding hydrogens is 252 g/mol. The van der Waals surface area contributed by atoms with Crippen LogP contribution in [-0.2, 0) is 0 Å². The molecule has 1 aromatic heterocycles. The van der Waals surface area contributed by atoms with Crippen LogP contribution in [0, 0.1) is 0 Å². The third-order valence-electron chi connectivity index (χ3n) is 2.43. The van der Waals surface area contributed by atoms with Gasteiger partial charge in [0, 0.05) is 5.25 Å². The summed E-state index contributed by atoms with van der Waals surface area (Å²) >= 11 is 1.46. The predicted molar refractivity (Wildman–Crippen MR) is 71.4 cm³/mol. The van der Waals surface area contributed by atoms with Crippen LogP contribution in [-0.4, -0.2) is 41.2 Å². The Morgan fingerprint density at radius 2 is 1.89 bits per heavy atom. The maximum Gasteiger partial charge on any atom is 0.220 e. The summed E-state index contributed by atoms with van der Waals surface area (Å²) in [7, 11) is 3.10. The van der Waals surface area contributed by atoms with Crippen molar-refractivity contribution in [3.05, 3.63) is 6.07 Å². The van der Waals surface area contributed by atoms with E-state index in [1.807, 2.05) is 0 Å². The van der Waals surface area contributed by atoms with Crippen molar-refractivity contribution >= 4 is 11.8 Å². The summed E-state index contributed by atoms with van der Waals surface area (Å²) in [6.45, 7) is 2.25. The fourth-order valence-electron chi connectivity index (χ4n) is 1.41. The molecule has 5 nitrogen and oxygen atoms in total. The maximum absolute atomic E-state index is 9.33. The van der Waals surface area contributed by atoms with Crippen LogP contribution >= 0.6 is 11.8 Å². The summed E-state index contributed by atoms with van der Waals surface area (Å²) in [6, 6.07) is 1.63. The van der Waals surface area contributed by atoms with E-state index >= 15 is 0 Å². The number of aliphatic hydroxyl groups excluding tert-OH is 1. The Bertz CT molecular complexity index is 341. The molecule has 1 aromatic rings. The standard InChI is InChI=1S/C12H20N2O3S/c1-4-5-6-9(8-15)18-12-13-10(16-2)7-11(14-12)17-3/h7,9,15H,4-6,8H2,1-3H3. The lowest BCUT2D eigenvalue weighted by Crippen LogP contribution is -2.09. The number of rotatable bonds is 8. The predicted octanol–water partition coefficient (Wildman–Crippen LogP) is 2.14. The first-order chi connectivity index (χ1) is 8.73. The maximum atomic E-state index is 9.33. The van der Waals surface area contributed by atoms with Gasteiger partial charge in [0.05, 0.1) is 26.9 Å². The third-order valence-corrected chi connectivity index (χ3v) is 3.54. The minimum atomic E-state index is 0.113. The van der Waals surface area contributed by atoms with Crippen LogP contribution in [0.3, 0.4) is 0 Å². The van der Waals surface area contributed by atoms with E-state index in [4.69, 9.17) is 9.47 Å². The molecule has 0 radical (unpaired) electrons. The highest BCUT2D eigenvalue weighted by Gasteiger charge is 2.13. The lowest BCUT2D eigenvalue weighted by molar-refractivity contribution is 0.288. The molecule has 0 fully saturated rings. The molecule has 0 amide bonds. The van der Waals surface area contributed by atoms with Crippen LogP contribution in [0.5, 0.6) is 11.8 Å². The van der Waals surface area contributed by atoms with Crippen molar-refractivity contribution in [2.45, 2.75) is 36.6 Å². The number of methoxy groups -OCH3 is 2. The van der Waals surface area contributed by atoms with Crippen LogP contribution in [0.25, 0.3) is 0 Å². The van der Waals surface area contributed by atoms with Gasteiger partial charge in [-0.2, -0.15) is 9.97 Å². The highest BCUT2D eigenvalue weighted by atomic mass is 32.2. The normalized spacial score (nSPS) is 12.2. The molecule has 0 aliphatic heterocycles. The first-order valence-corrected chi connectivity index (χ1v) is 6.86. The molecule has 0 saturated heterocycles. The molecule has 1 atom stereocenters. The van der Waals surface area contributed by atoms with Gasteiger partial charge in [0.25, 0.3) is 0 Å². The molecule has 6 heteroatoms. The fourth-order valence-corrected chi connectivity index (χ4v) is 2.36. The molecule has 18 heavy (non-hydrogen) atoms. The van der Waals surface area contributed by atoms with Crippen molar-refractivity contribution in [2.24, 2.45) is 0 Å². The van der Waals surface area contributed by atoms with Crippen LogP contribution in [0.4, 0.5) is 0 Å². The van der Waals surface area contributed by atoms with E-state index in [0.717, 1.165) is 19.3 Å². The molecule has 0 aliphatic rings. The van der Waals surface area contributed by atoms with Gasteiger partial charge >= 0.3 is 0 Å². The number of aliphatic hydroxyl groups is 1. The summed E-state index contributed by atoms with van der Waals surface area (Å²) in [4.78, 5) is 8.47. The fraction of sp³-hybridized carbons (Fsp3) is 0.667.